The number of anilines is 1. The van der Waals surface area contributed by atoms with Gasteiger partial charge in [-0.15, -0.1) is 0 Å². The van der Waals surface area contributed by atoms with Crippen LogP contribution in [0.3, 0.4) is 0 Å². The maximum absolute atomic E-state index is 13.7. The number of nitrogens with zero attached hydrogens (tertiary/aromatic N) is 2. The van der Waals surface area contributed by atoms with E-state index in [-0.39, 0.29) is 24.0 Å². The van der Waals surface area contributed by atoms with E-state index in [9.17, 15) is 9.59 Å². The third-order valence-corrected chi connectivity index (χ3v) is 6.59. The van der Waals surface area contributed by atoms with Gasteiger partial charge in [0, 0.05) is 38.5 Å². The molecule has 0 bridgehead atoms. The second-order valence-corrected chi connectivity index (χ2v) is 9.29. The summed E-state index contributed by atoms with van der Waals surface area (Å²) in [6.45, 7) is 4.90. The summed E-state index contributed by atoms with van der Waals surface area (Å²) in [5.74, 6) is 0.647. The molecule has 2 aliphatic rings. The first kappa shape index (κ1) is 24.1. The third-order valence-electron chi connectivity index (χ3n) is 6.59. The van der Waals surface area contributed by atoms with Crippen molar-refractivity contribution >= 4 is 17.6 Å². The van der Waals surface area contributed by atoms with Crippen LogP contribution in [0.15, 0.2) is 48.5 Å². The average Bonchev–Trinajstić information content (AvgIpc) is 3.36. The van der Waals surface area contributed by atoms with Crippen molar-refractivity contribution in [3.63, 3.8) is 0 Å². The number of amides is 3. The average molecular weight is 466 g/mol. The number of rotatable bonds is 7. The zero-order valence-electron chi connectivity index (χ0n) is 20.2. The molecule has 2 aliphatic heterocycles. The summed E-state index contributed by atoms with van der Waals surface area (Å²) in [4.78, 5) is 30.3. The molecule has 4 rings (SSSR count). The van der Waals surface area contributed by atoms with Crippen molar-refractivity contribution in [1.29, 1.82) is 0 Å². The van der Waals surface area contributed by atoms with E-state index in [1.54, 1.807) is 12.0 Å². The lowest BCUT2D eigenvalue weighted by Gasteiger charge is -2.35. The van der Waals surface area contributed by atoms with Gasteiger partial charge in [-0.05, 0) is 68.0 Å². The molecule has 2 saturated heterocycles. The van der Waals surface area contributed by atoms with Crippen molar-refractivity contribution in [2.45, 2.75) is 45.3 Å². The van der Waals surface area contributed by atoms with Crippen molar-refractivity contribution in [2.75, 3.05) is 38.7 Å². The highest BCUT2D eigenvalue weighted by Gasteiger charge is 2.33. The van der Waals surface area contributed by atoms with Gasteiger partial charge in [0.05, 0.1) is 19.1 Å². The van der Waals surface area contributed by atoms with E-state index in [1.165, 1.54) is 0 Å². The Morgan fingerprint density at radius 1 is 1.15 bits per heavy atom. The van der Waals surface area contributed by atoms with E-state index >= 15 is 0 Å². The van der Waals surface area contributed by atoms with Crippen LogP contribution in [0.4, 0.5) is 10.5 Å². The van der Waals surface area contributed by atoms with Gasteiger partial charge in [0.1, 0.15) is 5.75 Å². The number of piperidine rings is 1. The first-order chi connectivity index (χ1) is 16.5. The number of nitrogens with one attached hydrogen (secondary N) is 1. The number of urea groups is 1. The molecule has 2 unspecified atom stereocenters. The quantitative estimate of drug-likeness (QED) is 0.656. The molecule has 182 valence electrons. The summed E-state index contributed by atoms with van der Waals surface area (Å²) in [6, 6.07) is 15.4. The molecular weight excluding hydrogens is 430 g/mol. The Morgan fingerprint density at radius 2 is 2.00 bits per heavy atom. The normalized spacial score (nSPS) is 20.1. The minimum atomic E-state index is -0.218. The highest BCUT2D eigenvalue weighted by atomic mass is 16.5. The van der Waals surface area contributed by atoms with Crippen LogP contribution >= 0.6 is 0 Å². The Balaban J connectivity index is 1.44. The van der Waals surface area contributed by atoms with E-state index in [4.69, 9.17) is 9.47 Å². The van der Waals surface area contributed by atoms with Gasteiger partial charge in [-0.1, -0.05) is 24.3 Å². The van der Waals surface area contributed by atoms with Crippen molar-refractivity contribution in [2.24, 2.45) is 5.92 Å². The van der Waals surface area contributed by atoms with Gasteiger partial charge in [0.2, 0.25) is 5.91 Å². The molecule has 3 amide bonds. The van der Waals surface area contributed by atoms with E-state index in [0.717, 1.165) is 54.9 Å². The summed E-state index contributed by atoms with van der Waals surface area (Å²) >= 11 is 0. The number of benzene rings is 2. The summed E-state index contributed by atoms with van der Waals surface area (Å²) in [5, 5.41) is 2.98. The van der Waals surface area contributed by atoms with Gasteiger partial charge in [-0.25, -0.2) is 4.79 Å². The van der Waals surface area contributed by atoms with Gasteiger partial charge in [-0.2, -0.15) is 0 Å². The second kappa shape index (κ2) is 11.4. The Labute approximate surface area is 202 Å². The van der Waals surface area contributed by atoms with E-state index in [1.807, 2.05) is 60.4 Å². The highest BCUT2D eigenvalue weighted by Crippen LogP contribution is 2.24. The van der Waals surface area contributed by atoms with Crippen molar-refractivity contribution in [1.82, 2.24) is 9.80 Å². The monoisotopic (exact) mass is 465 g/mol. The molecule has 2 aromatic carbocycles. The molecule has 2 heterocycles. The van der Waals surface area contributed by atoms with Gasteiger partial charge in [0.25, 0.3) is 0 Å². The topological polar surface area (TPSA) is 71.1 Å². The number of likely N-dealkylation sites (tertiary alicyclic amines) is 1. The lowest BCUT2D eigenvalue weighted by molar-refractivity contribution is -0.139. The van der Waals surface area contributed by atoms with Crippen LogP contribution in [0, 0.1) is 12.8 Å². The number of hydrogen-bond donors (Lipinski definition) is 1. The molecule has 0 spiro atoms. The molecule has 2 aromatic rings. The molecular formula is C27H35N3O4. The number of hydrogen-bond acceptors (Lipinski definition) is 4. The van der Waals surface area contributed by atoms with Gasteiger partial charge in [0.15, 0.2) is 0 Å². The van der Waals surface area contributed by atoms with E-state index in [2.05, 4.69) is 5.32 Å². The molecule has 7 nitrogen and oxygen atoms in total. The third kappa shape index (κ3) is 6.29. The highest BCUT2D eigenvalue weighted by molar-refractivity contribution is 5.90. The smallest absolute Gasteiger partial charge is 0.321 e. The van der Waals surface area contributed by atoms with E-state index in [0.29, 0.717) is 26.2 Å². The predicted molar refractivity (Wildman–Crippen MR) is 132 cm³/mol. The number of carbonyl (C=O) groups excluding carboxylic acids is 2. The van der Waals surface area contributed by atoms with Crippen LogP contribution in [-0.4, -0.2) is 61.2 Å². The maximum Gasteiger partial charge on any atom is 0.321 e. The number of carbonyl (C=O) groups is 2. The first-order valence-electron chi connectivity index (χ1n) is 12.2. The fourth-order valence-electron chi connectivity index (χ4n) is 4.80. The van der Waals surface area contributed by atoms with Gasteiger partial charge in [-0.3, -0.25) is 4.79 Å². The van der Waals surface area contributed by atoms with E-state index < -0.39 is 0 Å². The molecule has 34 heavy (non-hydrogen) atoms. The fraction of sp³-hybridized carbons (Fsp3) is 0.481. The molecule has 2 fully saturated rings. The van der Waals surface area contributed by atoms with Crippen LogP contribution in [0.1, 0.15) is 36.8 Å². The summed E-state index contributed by atoms with van der Waals surface area (Å²) in [5.41, 5.74) is 2.89. The Kier molecular flexibility index (Phi) is 8.06. The molecule has 1 N–H and O–H groups in total. The Bertz CT molecular complexity index is 989. The number of aryl methyl sites for hydroxylation is 1. The van der Waals surface area contributed by atoms with Crippen molar-refractivity contribution in [3.05, 3.63) is 59.7 Å². The molecule has 0 radical (unpaired) electrons. The van der Waals surface area contributed by atoms with Crippen LogP contribution in [0.25, 0.3) is 0 Å². The maximum atomic E-state index is 13.7. The first-order valence-corrected chi connectivity index (χ1v) is 12.2. The van der Waals surface area contributed by atoms with Gasteiger partial charge < -0.3 is 24.6 Å². The van der Waals surface area contributed by atoms with Crippen LogP contribution in [0.5, 0.6) is 5.75 Å². The number of ether oxygens (including phenoxy) is 2. The number of methoxy groups -OCH3 is 1. The van der Waals surface area contributed by atoms with Crippen molar-refractivity contribution in [3.8, 4) is 5.75 Å². The van der Waals surface area contributed by atoms with Crippen LogP contribution < -0.4 is 10.1 Å². The Morgan fingerprint density at radius 3 is 2.76 bits per heavy atom. The standard InChI is InChI=1S/C27H35N3O4/c1-20-7-3-10-23(15-20)28-27(32)29-13-5-9-22(18-29)26(31)30(19-25-12-6-14-34-25)17-21-8-4-11-24(16-21)33-2/h3-4,7-8,10-11,15-16,22,25H,5-6,9,12-14,17-19H2,1-2H3,(H,28,32). The second-order valence-electron chi connectivity index (χ2n) is 9.29. The molecule has 0 saturated carbocycles. The van der Waals surface area contributed by atoms with Gasteiger partial charge >= 0.3 is 6.03 Å². The molecule has 0 aromatic heterocycles. The predicted octanol–water partition coefficient (Wildman–Crippen LogP) is 4.46. The lowest BCUT2D eigenvalue weighted by atomic mass is 9.96. The minimum Gasteiger partial charge on any atom is -0.497 e. The largest absolute Gasteiger partial charge is 0.497 e. The molecule has 7 heteroatoms. The minimum absolute atomic E-state index is 0.0684. The Hall–Kier alpha value is -3.06. The lowest BCUT2D eigenvalue weighted by Crippen LogP contribution is -2.49. The van der Waals surface area contributed by atoms with Crippen molar-refractivity contribution < 1.29 is 19.1 Å². The van der Waals surface area contributed by atoms with Crippen LogP contribution in [-0.2, 0) is 16.1 Å². The zero-order valence-corrected chi connectivity index (χ0v) is 20.2. The summed E-state index contributed by atoms with van der Waals surface area (Å²) < 4.78 is 11.2. The molecule has 0 aliphatic carbocycles. The fourth-order valence-corrected chi connectivity index (χ4v) is 4.80. The summed E-state index contributed by atoms with van der Waals surface area (Å²) in [7, 11) is 1.65. The zero-order chi connectivity index (χ0) is 23.9. The molecule has 2 atom stereocenters. The van der Waals surface area contributed by atoms with Crippen LogP contribution in [0.2, 0.25) is 0 Å². The SMILES string of the molecule is COc1cccc(CN(CC2CCCO2)C(=O)C2CCCN(C(=O)Nc3cccc(C)c3)C2)c1. The summed E-state index contributed by atoms with van der Waals surface area (Å²) in [6.07, 6.45) is 3.66.